The van der Waals surface area contributed by atoms with Gasteiger partial charge in [0.2, 0.25) is 0 Å². The molecule has 1 nitrogen and oxygen atoms in total. The lowest BCUT2D eigenvalue weighted by atomic mass is 9.70. The van der Waals surface area contributed by atoms with Crippen molar-refractivity contribution in [2.75, 3.05) is 4.90 Å². The molecular weight excluding hydrogens is 975 g/mol. The second-order valence-electron chi connectivity index (χ2n) is 26.2. The maximum Gasteiger partial charge on any atom is 0.0465 e. The van der Waals surface area contributed by atoms with Gasteiger partial charge in [-0.1, -0.05) is 278 Å². The van der Waals surface area contributed by atoms with Crippen LogP contribution in [0.25, 0.3) is 55.6 Å². The lowest BCUT2D eigenvalue weighted by Crippen LogP contribution is -2.25. The number of benzene rings is 8. The van der Waals surface area contributed by atoms with E-state index in [2.05, 4.69) is 225 Å². The Morgan fingerprint density at radius 1 is 0.296 bits per heavy atom. The SMILES string of the molecule is CCCCCCCCCCC1(CCCCCCCCCC)c2cc(C)ccc2-c2ccc(-c3ccc4c(c3)C(C)(C)c3cc(N(c5ccc(-c6ccc(CCC)cc6)cc5)c5ccc6c(c5)C(C)(C)c5cc(C)ccc5-6)ccc3-4)cc21. The van der Waals surface area contributed by atoms with Crippen molar-refractivity contribution in [3.63, 3.8) is 0 Å². The van der Waals surface area contributed by atoms with Crippen molar-refractivity contribution < 1.29 is 0 Å². The summed E-state index contributed by atoms with van der Waals surface area (Å²) in [6.45, 7) is 21.2. The van der Waals surface area contributed by atoms with Crippen molar-refractivity contribution >= 4 is 17.1 Å². The smallest absolute Gasteiger partial charge is 0.0465 e. The first-order valence-electron chi connectivity index (χ1n) is 32.2. The molecule has 8 aromatic carbocycles. The van der Waals surface area contributed by atoms with E-state index in [1.165, 1.54) is 222 Å². The Bertz CT molecular complexity index is 3470. The van der Waals surface area contributed by atoms with Gasteiger partial charge in [0.05, 0.1) is 0 Å². The first-order chi connectivity index (χ1) is 39.4. The minimum absolute atomic E-state index is 0.0451. The summed E-state index contributed by atoms with van der Waals surface area (Å²) in [5.41, 5.74) is 29.7. The molecule has 0 unspecified atom stereocenters. The van der Waals surface area contributed by atoms with Crippen LogP contribution in [0.15, 0.2) is 158 Å². The van der Waals surface area contributed by atoms with E-state index in [0.717, 1.165) is 18.5 Å². The fourth-order valence-electron chi connectivity index (χ4n) is 15.0. The van der Waals surface area contributed by atoms with E-state index in [1.54, 1.807) is 11.1 Å². The average molecular weight is 1070 g/mol. The van der Waals surface area contributed by atoms with Gasteiger partial charge in [0, 0.05) is 33.3 Å². The van der Waals surface area contributed by atoms with Gasteiger partial charge in [-0.15, -0.1) is 0 Å². The van der Waals surface area contributed by atoms with Crippen LogP contribution in [0.2, 0.25) is 0 Å². The van der Waals surface area contributed by atoms with Crippen molar-refractivity contribution in [2.45, 2.75) is 207 Å². The maximum atomic E-state index is 2.66. The largest absolute Gasteiger partial charge is 0.310 e. The van der Waals surface area contributed by atoms with E-state index in [0.29, 0.717) is 0 Å². The number of hydrogen-bond donors (Lipinski definition) is 0. The number of aryl methyl sites for hydroxylation is 3. The van der Waals surface area contributed by atoms with Gasteiger partial charge in [0.15, 0.2) is 0 Å². The minimum Gasteiger partial charge on any atom is -0.310 e. The Hall–Kier alpha value is -6.44. The molecule has 0 radical (unpaired) electrons. The highest BCUT2D eigenvalue weighted by atomic mass is 15.1. The summed E-state index contributed by atoms with van der Waals surface area (Å²) in [7, 11) is 0. The molecule has 0 aliphatic heterocycles. The Morgan fingerprint density at radius 2 is 0.630 bits per heavy atom. The standard InChI is InChI=1S/C80H93N/c1-10-13-15-17-19-21-23-25-48-80(49-26-24-22-20-18-16-14-11-2)76-51-57(5)29-43-70(76)71-45-37-62(53-77(71)80)61-36-44-67-69-47-41-65(55-75(69)79(8,9)73(67)52-61)81(63-38-34-60(35-39-63)59-32-30-58(27-12-3)31-33-59)64-40-46-68-66-42-28-56(4)50-72(66)78(6,7)74(68)54-64/h28-47,50-55H,10-27,48-49H2,1-9H3. The summed E-state index contributed by atoms with van der Waals surface area (Å²) in [5, 5.41) is 0. The van der Waals surface area contributed by atoms with Crippen LogP contribution in [-0.2, 0) is 22.7 Å². The molecule has 0 amide bonds. The van der Waals surface area contributed by atoms with Crippen LogP contribution >= 0.6 is 0 Å². The quantitative estimate of drug-likeness (QED) is 0.0516. The number of fused-ring (bicyclic) bond motifs is 9. The van der Waals surface area contributed by atoms with Crippen LogP contribution in [0.3, 0.4) is 0 Å². The van der Waals surface area contributed by atoms with E-state index < -0.39 is 0 Å². The molecule has 11 rings (SSSR count). The molecule has 0 bridgehead atoms. The van der Waals surface area contributed by atoms with Crippen LogP contribution in [0, 0.1) is 13.8 Å². The van der Waals surface area contributed by atoms with Crippen molar-refractivity contribution in [3.05, 3.63) is 208 Å². The summed E-state index contributed by atoms with van der Waals surface area (Å²) in [6, 6.07) is 62.5. The topological polar surface area (TPSA) is 3.24 Å². The van der Waals surface area contributed by atoms with Crippen LogP contribution in [-0.4, -0.2) is 0 Å². The molecule has 81 heavy (non-hydrogen) atoms. The monoisotopic (exact) mass is 1070 g/mol. The third-order valence-electron chi connectivity index (χ3n) is 19.7. The predicted molar refractivity (Wildman–Crippen MR) is 351 cm³/mol. The van der Waals surface area contributed by atoms with E-state index in [1.807, 2.05) is 0 Å². The first-order valence-corrected chi connectivity index (χ1v) is 32.2. The maximum absolute atomic E-state index is 2.66. The molecule has 0 heterocycles. The Labute approximate surface area is 489 Å². The average Bonchev–Trinajstić information content (AvgIpc) is 4.08. The van der Waals surface area contributed by atoms with Crippen molar-refractivity contribution in [1.29, 1.82) is 0 Å². The Morgan fingerprint density at radius 3 is 1.10 bits per heavy atom. The van der Waals surface area contributed by atoms with Gasteiger partial charge in [0.1, 0.15) is 0 Å². The second kappa shape index (κ2) is 24.2. The van der Waals surface area contributed by atoms with Gasteiger partial charge in [0.25, 0.3) is 0 Å². The van der Waals surface area contributed by atoms with Gasteiger partial charge in [-0.05, 0) is 176 Å². The van der Waals surface area contributed by atoms with Gasteiger partial charge in [-0.25, -0.2) is 0 Å². The molecule has 3 aliphatic carbocycles. The first kappa shape index (κ1) is 56.4. The van der Waals surface area contributed by atoms with Gasteiger partial charge in [-0.2, -0.15) is 0 Å². The summed E-state index contributed by atoms with van der Waals surface area (Å²) < 4.78 is 0. The highest BCUT2D eigenvalue weighted by molar-refractivity contribution is 5.91. The molecule has 0 N–H and O–H groups in total. The Kier molecular flexibility index (Phi) is 16.8. The van der Waals surface area contributed by atoms with Crippen molar-refractivity contribution in [2.24, 2.45) is 0 Å². The van der Waals surface area contributed by atoms with Gasteiger partial charge in [-0.3, -0.25) is 0 Å². The molecule has 0 saturated carbocycles. The molecular formula is C80H93N. The van der Waals surface area contributed by atoms with Crippen LogP contribution in [0.1, 0.15) is 221 Å². The minimum atomic E-state index is -0.211. The van der Waals surface area contributed by atoms with Crippen molar-refractivity contribution in [3.8, 4) is 55.6 Å². The number of nitrogens with zero attached hydrogens (tertiary/aromatic N) is 1. The normalized spacial score (nSPS) is 14.5. The molecule has 3 aliphatic rings. The van der Waals surface area contributed by atoms with E-state index in [4.69, 9.17) is 0 Å². The molecule has 8 aromatic rings. The molecule has 0 fully saturated rings. The van der Waals surface area contributed by atoms with E-state index in [9.17, 15) is 0 Å². The van der Waals surface area contributed by atoms with E-state index >= 15 is 0 Å². The number of unbranched alkanes of at least 4 members (excludes halogenated alkanes) is 14. The number of anilines is 3. The zero-order valence-corrected chi connectivity index (χ0v) is 51.1. The fraction of sp³-hybridized carbons (Fsp3) is 0.400. The highest BCUT2D eigenvalue weighted by Gasteiger charge is 2.43. The van der Waals surface area contributed by atoms with E-state index in [-0.39, 0.29) is 16.2 Å². The van der Waals surface area contributed by atoms with Crippen LogP contribution < -0.4 is 4.90 Å². The summed E-state index contributed by atoms with van der Waals surface area (Å²) in [4.78, 5) is 2.51. The second-order valence-corrected chi connectivity index (χ2v) is 26.2. The third kappa shape index (κ3) is 11.1. The summed E-state index contributed by atoms with van der Waals surface area (Å²) >= 11 is 0. The molecule has 418 valence electrons. The number of rotatable bonds is 25. The summed E-state index contributed by atoms with van der Waals surface area (Å²) in [6.07, 6.45) is 26.4. The summed E-state index contributed by atoms with van der Waals surface area (Å²) in [5.74, 6) is 0. The lowest BCUT2D eigenvalue weighted by Gasteiger charge is -2.33. The predicted octanol–water partition coefficient (Wildman–Crippen LogP) is 24.0. The third-order valence-corrected chi connectivity index (χ3v) is 19.7. The van der Waals surface area contributed by atoms with Gasteiger partial charge < -0.3 is 4.90 Å². The molecule has 0 spiro atoms. The lowest BCUT2D eigenvalue weighted by molar-refractivity contribution is 0.397. The van der Waals surface area contributed by atoms with Crippen LogP contribution in [0.5, 0.6) is 0 Å². The molecule has 0 atom stereocenters. The van der Waals surface area contributed by atoms with Crippen LogP contribution in [0.4, 0.5) is 17.1 Å². The van der Waals surface area contributed by atoms with Gasteiger partial charge >= 0.3 is 0 Å². The number of hydrogen-bond acceptors (Lipinski definition) is 1. The molecule has 0 aromatic heterocycles. The van der Waals surface area contributed by atoms with Crippen molar-refractivity contribution in [1.82, 2.24) is 0 Å². The zero-order chi connectivity index (χ0) is 56.3. The molecule has 0 saturated heterocycles. The highest BCUT2D eigenvalue weighted by Crippen LogP contribution is 2.57. The fourth-order valence-corrected chi connectivity index (χ4v) is 15.0. The zero-order valence-electron chi connectivity index (χ0n) is 51.1. The molecule has 1 heteroatoms. The Balaban J connectivity index is 0.932.